The Labute approximate surface area is 207 Å². The van der Waals surface area contributed by atoms with Crippen molar-refractivity contribution in [1.29, 1.82) is 0 Å². The number of hydrogen-bond donors (Lipinski definition) is 1. The molecule has 5 rings (SSSR count). The topological polar surface area (TPSA) is 63.8 Å². The van der Waals surface area contributed by atoms with Crippen LogP contribution in [0.1, 0.15) is 28.1 Å². The van der Waals surface area contributed by atoms with Gasteiger partial charge in [-0.3, -0.25) is 4.98 Å². The van der Waals surface area contributed by atoms with Crippen molar-refractivity contribution in [3.8, 4) is 11.1 Å². The van der Waals surface area contributed by atoms with Gasteiger partial charge in [-0.15, -0.1) is 0 Å². The van der Waals surface area contributed by atoms with E-state index in [4.69, 9.17) is 23.2 Å². The first-order valence-electron chi connectivity index (χ1n) is 10.8. The van der Waals surface area contributed by atoms with Gasteiger partial charge < -0.3 is 9.67 Å². The first kappa shape index (κ1) is 22.5. The maximum Gasteiger partial charge on any atom is 0.160 e. The number of nitrogens with zero attached hydrogens (tertiary/aromatic N) is 4. The lowest BCUT2D eigenvalue weighted by atomic mass is 9.83. The smallest absolute Gasteiger partial charge is 0.160 e. The third-order valence-electron chi connectivity index (χ3n) is 6.06. The molecule has 7 heteroatoms. The number of rotatable bonds is 4. The highest BCUT2D eigenvalue weighted by Crippen LogP contribution is 2.43. The van der Waals surface area contributed by atoms with E-state index in [1.54, 1.807) is 23.3 Å². The number of aryl methyl sites for hydroxylation is 3. The summed E-state index contributed by atoms with van der Waals surface area (Å²) in [6.45, 7) is 3.84. The minimum Gasteiger partial charge on any atom is -0.374 e. The van der Waals surface area contributed by atoms with Crippen molar-refractivity contribution in [2.75, 3.05) is 0 Å². The number of hydrogen-bond acceptors (Lipinski definition) is 4. The molecule has 0 aliphatic heterocycles. The summed E-state index contributed by atoms with van der Waals surface area (Å²) in [6, 6.07) is 17.2. The van der Waals surface area contributed by atoms with E-state index in [9.17, 15) is 5.11 Å². The Bertz CT molecular complexity index is 1510. The average Bonchev–Trinajstić information content (AvgIpc) is 3.27. The van der Waals surface area contributed by atoms with Crippen LogP contribution < -0.4 is 0 Å². The Kier molecular flexibility index (Phi) is 5.64. The van der Waals surface area contributed by atoms with Crippen LogP contribution in [-0.4, -0.2) is 24.6 Å². The first-order chi connectivity index (χ1) is 16.3. The highest BCUT2D eigenvalue weighted by Gasteiger charge is 2.37. The summed E-state index contributed by atoms with van der Waals surface area (Å²) < 4.78 is 1.80. The van der Waals surface area contributed by atoms with E-state index in [2.05, 4.69) is 15.0 Å². The fourth-order valence-electron chi connectivity index (χ4n) is 4.28. The highest BCUT2D eigenvalue weighted by molar-refractivity contribution is 6.42. The third-order valence-corrected chi connectivity index (χ3v) is 6.72. The van der Waals surface area contributed by atoms with Crippen molar-refractivity contribution in [3.63, 3.8) is 0 Å². The normalized spacial score (nSPS) is 13.2. The Hall–Kier alpha value is -3.25. The summed E-state index contributed by atoms with van der Waals surface area (Å²) in [5, 5.41) is 13.8. The number of imidazole rings is 1. The van der Waals surface area contributed by atoms with Gasteiger partial charge in [-0.1, -0.05) is 65.7 Å². The van der Waals surface area contributed by atoms with E-state index >= 15 is 0 Å². The predicted octanol–water partition coefficient (Wildman–Crippen LogP) is 6.24. The van der Waals surface area contributed by atoms with Crippen LogP contribution in [0.25, 0.3) is 22.0 Å². The first-order valence-corrected chi connectivity index (χ1v) is 11.5. The van der Waals surface area contributed by atoms with Crippen molar-refractivity contribution < 1.29 is 5.11 Å². The van der Waals surface area contributed by atoms with Gasteiger partial charge in [0.15, 0.2) is 5.60 Å². The van der Waals surface area contributed by atoms with Gasteiger partial charge in [0.05, 0.1) is 22.6 Å². The molecule has 0 saturated carbocycles. The zero-order valence-corrected chi connectivity index (χ0v) is 20.4. The van der Waals surface area contributed by atoms with E-state index in [-0.39, 0.29) is 0 Å². The third kappa shape index (κ3) is 3.66. The maximum absolute atomic E-state index is 12.2. The van der Waals surface area contributed by atoms with Gasteiger partial charge in [0.25, 0.3) is 0 Å². The second-order valence-corrected chi connectivity index (χ2v) is 9.21. The molecule has 34 heavy (non-hydrogen) atoms. The minimum atomic E-state index is -1.54. The lowest BCUT2D eigenvalue weighted by Crippen LogP contribution is -2.30. The van der Waals surface area contributed by atoms with Gasteiger partial charge in [0.1, 0.15) is 5.15 Å². The Morgan fingerprint density at radius 2 is 1.71 bits per heavy atom. The van der Waals surface area contributed by atoms with Crippen LogP contribution >= 0.6 is 23.2 Å². The number of aromatic nitrogens is 4. The van der Waals surface area contributed by atoms with Crippen molar-refractivity contribution in [1.82, 2.24) is 19.5 Å². The molecule has 1 N–H and O–H groups in total. The summed E-state index contributed by atoms with van der Waals surface area (Å²) in [5.41, 5.74) is 4.08. The van der Waals surface area contributed by atoms with Crippen molar-refractivity contribution >= 4 is 34.1 Å². The van der Waals surface area contributed by atoms with Gasteiger partial charge in [-0.05, 0) is 42.7 Å². The second-order valence-electron chi connectivity index (χ2n) is 8.47. The molecule has 0 fully saturated rings. The summed E-state index contributed by atoms with van der Waals surface area (Å²) in [6.07, 6.45) is 5.15. The molecule has 2 aromatic carbocycles. The Morgan fingerprint density at radius 3 is 2.35 bits per heavy atom. The monoisotopic (exact) mass is 488 g/mol. The quantitative estimate of drug-likeness (QED) is 0.304. The van der Waals surface area contributed by atoms with Crippen LogP contribution in [0.2, 0.25) is 10.2 Å². The maximum atomic E-state index is 12.2. The molecule has 5 aromatic rings. The van der Waals surface area contributed by atoms with E-state index < -0.39 is 5.60 Å². The molecule has 3 heterocycles. The molecule has 0 amide bonds. The van der Waals surface area contributed by atoms with Gasteiger partial charge >= 0.3 is 0 Å². The molecule has 0 bridgehead atoms. The average molecular weight is 489 g/mol. The molecule has 3 aromatic heterocycles. The number of benzene rings is 2. The highest BCUT2D eigenvalue weighted by atomic mass is 35.5. The fourth-order valence-corrected chi connectivity index (χ4v) is 4.96. The number of halogens is 2. The van der Waals surface area contributed by atoms with Crippen LogP contribution in [0.5, 0.6) is 0 Å². The molecular weight excluding hydrogens is 467 g/mol. The number of pyridine rings is 2. The summed E-state index contributed by atoms with van der Waals surface area (Å²) >= 11 is 13.5. The number of aliphatic hydroxyl groups is 1. The van der Waals surface area contributed by atoms with Gasteiger partial charge in [-0.25, -0.2) is 9.97 Å². The fraction of sp³-hybridized carbons (Fsp3) is 0.148. The van der Waals surface area contributed by atoms with Gasteiger partial charge in [0.2, 0.25) is 0 Å². The molecule has 0 aliphatic carbocycles. The van der Waals surface area contributed by atoms with Gasteiger partial charge in [-0.2, -0.15) is 0 Å². The molecule has 5 nitrogen and oxygen atoms in total. The SMILES string of the molecule is Cc1ccc(C(O)(c2cc(C)c3nc(Cl)c(-c4ccccc4)c(Cl)c3c2)c2cn(C)cn2)cn1. The minimum absolute atomic E-state index is 0.335. The zero-order valence-electron chi connectivity index (χ0n) is 18.9. The van der Waals surface area contributed by atoms with Crippen LogP contribution in [0.4, 0.5) is 0 Å². The second kappa shape index (κ2) is 8.51. The molecule has 1 unspecified atom stereocenters. The van der Waals surface area contributed by atoms with Crippen molar-refractivity contribution in [3.05, 3.63) is 112 Å². The molecule has 0 radical (unpaired) electrons. The van der Waals surface area contributed by atoms with Crippen LogP contribution in [0, 0.1) is 13.8 Å². The zero-order chi connectivity index (χ0) is 24.0. The van der Waals surface area contributed by atoms with Crippen molar-refractivity contribution in [2.24, 2.45) is 7.05 Å². The van der Waals surface area contributed by atoms with Crippen LogP contribution in [-0.2, 0) is 12.6 Å². The predicted molar refractivity (Wildman–Crippen MR) is 136 cm³/mol. The molecule has 1 atom stereocenters. The van der Waals surface area contributed by atoms with Crippen molar-refractivity contribution in [2.45, 2.75) is 19.4 Å². The Morgan fingerprint density at radius 1 is 0.941 bits per heavy atom. The summed E-state index contributed by atoms with van der Waals surface area (Å²) in [4.78, 5) is 13.6. The Balaban J connectivity index is 1.81. The molecule has 0 spiro atoms. The molecule has 0 saturated heterocycles. The van der Waals surface area contributed by atoms with Crippen LogP contribution in [0.3, 0.4) is 0 Å². The largest absolute Gasteiger partial charge is 0.374 e. The van der Waals surface area contributed by atoms with E-state index in [1.165, 1.54) is 0 Å². The summed E-state index contributed by atoms with van der Waals surface area (Å²) in [5.74, 6) is 0. The molecular formula is C27H22Cl2N4O. The lowest BCUT2D eigenvalue weighted by Gasteiger charge is -2.28. The molecule has 0 aliphatic rings. The molecule has 170 valence electrons. The van der Waals surface area contributed by atoms with E-state index in [0.29, 0.717) is 43.5 Å². The standard InChI is InChI=1S/C27H22Cl2N4O/c1-16-11-20(27(34,22-14-33(3)15-31-22)19-10-9-17(2)30-13-19)12-21-24(28)23(26(29)32-25(16)21)18-7-5-4-6-8-18/h4-15,34H,1-3H3. The number of fused-ring (bicyclic) bond motifs is 1. The van der Waals surface area contributed by atoms with E-state index in [1.807, 2.05) is 75.5 Å². The van der Waals surface area contributed by atoms with Gasteiger partial charge in [0, 0.05) is 41.6 Å². The summed E-state index contributed by atoms with van der Waals surface area (Å²) in [7, 11) is 1.87. The lowest BCUT2D eigenvalue weighted by molar-refractivity contribution is 0.121. The van der Waals surface area contributed by atoms with Crippen LogP contribution in [0.15, 0.2) is 73.3 Å². The van der Waals surface area contributed by atoms with E-state index in [0.717, 1.165) is 16.8 Å².